The molecule has 11 nitrogen and oxygen atoms in total. The SMILES string of the molecule is C=CC(=O)Oc1c(OCC)cc(SOSc2cc(OCC)c(OC(=O)C=C)c(OCC)c2OCC)c(OCC)c1OCC. The van der Waals surface area contributed by atoms with Crippen molar-refractivity contribution in [2.75, 3.05) is 39.6 Å². The first kappa shape index (κ1) is 35.5. The van der Waals surface area contributed by atoms with Gasteiger partial charge in [-0.05, 0) is 41.5 Å². The van der Waals surface area contributed by atoms with Crippen LogP contribution in [0.2, 0.25) is 0 Å². The molecule has 0 spiro atoms. The molecule has 2 aromatic rings. The van der Waals surface area contributed by atoms with E-state index in [0.717, 1.165) is 36.2 Å². The summed E-state index contributed by atoms with van der Waals surface area (Å²) in [5.74, 6) is 0.237. The van der Waals surface area contributed by atoms with Crippen molar-refractivity contribution in [3.05, 3.63) is 37.4 Å². The highest BCUT2D eigenvalue weighted by Crippen LogP contribution is 2.54. The molecular formula is C30H38O11S2. The second-order valence-corrected chi connectivity index (χ2v) is 9.56. The number of rotatable bonds is 20. The third kappa shape index (κ3) is 9.66. The van der Waals surface area contributed by atoms with Crippen LogP contribution >= 0.6 is 24.1 Å². The zero-order valence-corrected chi connectivity index (χ0v) is 26.9. The fourth-order valence-corrected chi connectivity index (χ4v) is 4.97. The number of hydrogen-bond donors (Lipinski definition) is 0. The fourth-order valence-electron chi connectivity index (χ4n) is 3.48. The molecule has 0 unspecified atom stereocenters. The molecule has 0 bridgehead atoms. The molecule has 13 heteroatoms. The van der Waals surface area contributed by atoms with Gasteiger partial charge in [-0.3, -0.25) is 0 Å². The van der Waals surface area contributed by atoms with Gasteiger partial charge in [-0.15, -0.1) is 0 Å². The summed E-state index contributed by atoms with van der Waals surface area (Å²) in [4.78, 5) is 25.2. The van der Waals surface area contributed by atoms with Gasteiger partial charge in [0, 0.05) is 48.4 Å². The van der Waals surface area contributed by atoms with E-state index in [0.29, 0.717) is 47.7 Å². The molecule has 2 rings (SSSR count). The van der Waals surface area contributed by atoms with Crippen LogP contribution in [0.1, 0.15) is 41.5 Å². The molecule has 0 aliphatic carbocycles. The molecule has 0 aromatic heterocycles. The quantitative estimate of drug-likeness (QED) is 0.0642. The van der Waals surface area contributed by atoms with Gasteiger partial charge in [-0.25, -0.2) is 13.2 Å². The van der Waals surface area contributed by atoms with Gasteiger partial charge < -0.3 is 37.9 Å². The van der Waals surface area contributed by atoms with Crippen molar-refractivity contribution in [3.8, 4) is 46.0 Å². The van der Waals surface area contributed by atoms with Crippen molar-refractivity contribution >= 4 is 36.0 Å². The highest BCUT2D eigenvalue weighted by molar-refractivity contribution is 8.08. The number of hydrogen-bond acceptors (Lipinski definition) is 13. The van der Waals surface area contributed by atoms with Gasteiger partial charge in [0.2, 0.25) is 23.0 Å². The van der Waals surface area contributed by atoms with Crippen LogP contribution in [0.25, 0.3) is 0 Å². The zero-order chi connectivity index (χ0) is 31.8. The van der Waals surface area contributed by atoms with Gasteiger partial charge in [0.15, 0.2) is 23.0 Å². The third-order valence-electron chi connectivity index (χ3n) is 4.99. The average Bonchev–Trinajstić information content (AvgIpc) is 2.99. The van der Waals surface area contributed by atoms with E-state index in [1.807, 2.05) is 13.8 Å². The maximum absolute atomic E-state index is 12.1. The van der Waals surface area contributed by atoms with Crippen molar-refractivity contribution in [2.24, 2.45) is 0 Å². The van der Waals surface area contributed by atoms with Crippen LogP contribution in [0.15, 0.2) is 47.2 Å². The van der Waals surface area contributed by atoms with Gasteiger partial charge in [0.1, 0.15) is 0 Å². The molecule has 0 aliphatic heterocycles. The van der Waals surface area contributed by atoms with E-state index in [9.17, 15) is 9.59 Å². The first-order valence-electron chi connectivity index (χ1n) is 13.7. The molecule has 0 atom stereocenters. The Labute approximate surface area is 261 Å². The van der Waals surface area contributed by atoms with Crippen molar-refractivity contribution < 1.29 is 51.1 Å². The summed E-state index contributed by atoms with van der Waals surface area (Å²) in [5.41, 5.74) is 0. The second-order valence-electron chi connectivity index (χ2n) is 7.80. The Morgan fingerprint density at radius 3 is 1.19 bits per heavy atom. The maximum Gasteiger partial charge on any atom is 0.335 e. The second kappa shape index (κ2) is 18.8. The minimum atomic E-state index is -0.683. The lowest BCUT2D eigenvalue weighted by molar-refractivity contribution is -0.130. The number of ether oxygens (including phenoxy) is 8. The Balaban J connectivity index is 2.60. The summed E-state index contributed by atoms with van der Waals surface area (Å²) in [6.07, 6.45) is 2.08. The van der Waals surface area contributed by atoms with Gasteiger partial charge in [0.05, 0.1) is 49.4 Å². The van der Waals surface area contributed by atoms with Crippen molar-refractivity contribution in [1.82, 2.24) is 0 Å². The van der Waals surface area contributed by atoms with E-state index in [1.165, 1.54) is 0 Å². The minimum Gasteiger partial charge on any atom is -0.490 e. The van der Waals surface area contributed by atoms with Crippen LogP contribution in [0.3, 0.4) is 0 Å². The maximum atomic E-state index is 12.1. The van der Waals surface area contributed by atoms with E-state index in [-0.39, 0.29) is 47.7 Å². The predicted molar refractivity (Wildman–Crippen MR) is 164 cm³/mol. The summed E-state index contributed by atoms with van der Waals surface area (Å²) in [6.45, 7) is 19.4. The molecule has 0 fully saturated rings. The molecule has 0 saturated heterocycles. The Morgan fingerprint density at radius 2 is 0.884 bits per heavy atom. The molecule has 0 N–H and O–H groups in total. The lowest BCUT2D eigenvalue weighted by Gasteiger charge is -2.21. The first-order chi connectivity index (χ1) is 20.8. The molecule has 0 saturated carbocycles. The minimum absolute atomic E-state index is 0.0695. The third-order valence-corrected chi connectivity index (χ3v) is 6.50. The van der Waals surface area contributed by atoms with Gasteiger partial charge in [-0.1, -0.05) is 13.2 Å². The van der Waals surface area contributed by atoms with Gasteiger partial charge >= 0.3 is 11.9 Å². The molecule has 43 heavy (non-hydrogen) atoms. The number of esters is 2. The molecule has 0 heterocycles. The van der Waals surface area contributed by atoms with Crippen LogP contribution in [0.5, 0.6) is 46.0 Å². The number of carbonyl (C=O) groups excluding carboxylic acids is 2. The Kier molecular flexibility index (Phi) is 15.5. The van der Waals surface area contributed by atoms with Crippen molar-refractivity contribution in [2.45, 2.75) is 51.3 Å². The van der Waals surface area contributed by atoms with Crippen LogP contribution in [0, 0.1) is 0 Å². The number of benzene rings is 2. The molecule has 0 radical (unpaired) electrons. The fraction of sp³-hybridized carbons (Fsp3) is 0.400. The Morgan fingerprint density at radius 1 is 0.558 bits per heavy atom. The largest absolute Gasteiger partial charge is 0.490 e. The molecule has 236 valence electrons. The normalized spacial score (nSPS) is 10.4. The molecule has 2 aromatic carbocycles. The smallest absolute Gasteiger partial charge is 0.335 e. The van der Waals surface area contributed by atoms with Gasteiger partial charge in [-0.2, -0.15) is 0 Å². The lowest BCUT2D eigenvalue weighted by Crippen LogP contribution is -2.10. The summed E-state index contributed by atoms with van der Waals surface area (Å²) in [5, 5.41) is 0. The zero-order valence-electron chi connectivity index (χ0n) is 25.3. The first-order valence-corrected chi connectivity index (χ1v) is 15.2. The van der Waals surface area contributed by atoms with Crippen LogP contribution in [0.4, 0.5) is 0 Å². The lowest BCUT2D eigenvalue weighted by atomic mass is 10.2. The van der Waals surface area contributed by atoms with E-state index in [1.54, 1.807) is 39.8 Å². The summed E-state index contributed by atoms with van der Waals surface area (Å²) in [7, 11) is 0. The average molecular weight is 639 g/mol. The summed E-state index contributed by atoms with van der Waals surface area (Å²) >= 11 is 1.92. The van der Waals surface area contributed by atoms with Crippen molar-refractivity contribution in [3.63, 3.8) is 0 Å². The van der Waals surface area contributed by atoms with Crippen LogP contribution in [-0.4, -0.2) is 51.6 Å². The summed E-state index contributed by atoms with van der Waals surface area (Å²) < 4.78 is 52.0. The van der Waals surface area contributed by atoms with Gasteiger partial charge in [0.25, 0.3) is 0 Å². The highest BCUT2D eigenvalue weighted by Gasteiger charge is 2.28. The van der Waals surface area contributed by atoms with Crippen LogP contribution in [-0.2, 0) is 13.2 Å². The van der Waals surface area contributed by atoms with Crippen molar-refractivity contribution in [1.29, 1.82) is 0 Å². The van der Waals surface area contributed by atoms with E-state index in [4.69, 9.17) is 41.5 Å². The van der Waals surface area contributed by atoms with E-state index < -0.39 is 11.9 Å². The van der Waals surface area contributed by atoms with E-state index in [2.05, 4.69) is 13.2 Å². The number of carbonyl (C=O) groups is 2. The molecular weight excluding hydrogens is 600 g/mol. The Hall–Kier alpha value is -3.68. The van der Waals surface area contributed by atoms with E-state index >= 15 is 0 Å². The predicted octanol–water partition coefficient (Wildman–Crippen LogP) is 6.99. The standard InChI is InChI=1S/C30H38O11S2/c1-9-23(31)39-25-19(33-11-3)17-21(27(35-13-5)29(25)37-15-7)42-41-43-22-18-20(34-12-4)26(40-24(32)10-2)30(38-16-8)28(22)36-14-6/h9-10,17-18H,1-2,11-16H2,3-8H3. The summed E-state index contributed by atoms with van der Waals surface area (Å²) in [6, 6.07) is 3.26. The Bertz CT molecular complexity index is 1170. The molecule has 0 aliphatic rings. The molecule has 0 amide bonds. The highest BCUT2D eigenvalue weighted by atomic mass is 32.2. The topological polar surface area (TPSA) is 117 Å². The monoisotopic (exact) mass is 638 g/mol. The van der Waals surface area contributed by atoms with Crippen LogP contribution < -0.4 is 37.9 Å².